The predicted molar refractivity (Wildman–Crippen MR) is 80.4 cm³/mol. The van der Waals surface area contributed by atoms with Gasteiger partial charge in [-0.25, -0.2) is 14.2 Å². The van der Waals surface area contributed by atoms with E-state index in [0.29, 0.717) is 16.1 Å². The van der Waals surface area contributed by atoms with Crippen LogP contribution in [0.15, 0.2) is 23.6 Å². The predicted octanol–water partition coefficient (Wildman–Crippen LogP) is 2.70. The number of nitrogens with zero attached hydrogens (tertiary/aromatic N) is 1. The number of halogens is 1. The number of carbonyl (C=O) groups is 2. The van der Waals surface area contributed by atoms with Gasteiger partial charge in [-0.15, -0.1) is 11.3 Å². The summed E-state index contributed by atoms with van der Waals surface area (Å²) in [5.41, 5.74) is 1.02. The third kappa shape index (κ3) is 3.88. The van der Waals surface area contributed by atoms with Crippen LogP contribution in [0.1, 0.15) is 38.3 Å². The first-order chi connectivity index (χ1) is 10.5. The van der Waals surface area contributed by atoms with E-state index in [-0.39, 0.29) is 30.6 Å². The van der Waals surface area contributed by atoms with Crippen LogP contribution in [0.3, 0.4) is 0 Å². The van der Waals surface area contributed by atoms with E-state index in [1.165, 1.54) is 29.5 Å². The Morgan fingerprint density at radius 2 is 2.18 bits per heavy atom. The van der Waals surface area contributed by atoms with Crippen molar-refractivity contribution in [2.24, 2.45) is 0 Å². The van der Waals surface area contributed by atoms with Gasteiger partial charge in [0.1, 0.15) is 10.8 Å². The minimum absolute atomic E-state index is 0.194. The lowest BCUT2D eigenvalue weighted by atomic mass is 10.1. The van der Waals surface area contributed by atoms with E-state index in [1.807, 2.05) is 0 Å². The van der Waals surface area contributed by atoms with E-state index in [1.54, 1.807) is 19.2 Å². The number of carbonyl (C=O) groups excluding carboxylic acids is 2. The lowest BCUT2D eigenvalue weighted by molar-refractivity contribution is 0.0520. The van der Waals surface area contributed by atoms with Gasteiger partial charge in [-0.2, -0.15) is 0 Å². The maximum atomic E-state index is 13.2. The number of ether oxygens (including phenoxy) is 1. The monoisotopic (exact) mass is 322 g/mol. The largest absolute Gasteiger partial charge is 0.461 e. The SMILES string of the molecule is CCOC(=O)c1csc(CNC(=O)c2ccc(F)c(C)c2)n1. The van der Waals surface area contributed by atoms with Crippen molar-refractivity contribution in [3.8, 4) is 0 Å². The molecular formula is C15H15FN2O3S. The number of aromatic nitrogens is 1. The molecule has 0 radical (unpaired) electrons. The highest BCUT2D eigenvalue weighted by molar-refractivity contribution is 7.09. The lowest BCUT2D eigenvalue weighted by Crippen LogP contribution is -2.23. The van der Waals surface area contributed by atoms with E-state index in [2.05, 4.69) is 10.3 Å². The third-order valence-corrected chi connectivity index (χ3v) is 3.71. The Morgan fingerprint density at radius 3 is 2.86 bits per heavy atom. The van der Waals surface area contributed by atoms with Crippen LogP contribution in [0, 0.1) is 12.7 Å². The van der Waals surface area contributed by atoms with Crippen LogP contribution < -0.4 is 5.32 Å². The molecule has 0 saturated heterocycles. The molecule has 0 unspecified atom stereocenters. The summed E-state index contributed by atoms with van der Waals surface area (Å²) in [5.74, 6) is -1.16. The molecule has 2 aromatic rings. The Hall–Kier alpha value is -2.28. The number of hydrogen-bond acceptors (Lipinski definition) is 5. The summed E-state index contributed by atoms with van der Waals surface area (Å²) >= 11 is 1.26. The van der Waals surface area contributed by atoms with E-state index in [0.717, 1.165) is 0 Å². The van der Waals surface area contributed by atoms with Crippen molar-refractivity contribution in [1.82, 2.24) is 10.3 Å². The van der Waals surface area contributed by atoms with Crippen molar-refractivity contribution in [2.75, 3.05) is 6.61 Å². The second-order valence-electron chi connectivity index (χ2n) is 4.49. The molecule has 0 aliphatic carbocycles. The fraction of sp³-hybridized carbons (Fsp3) is 0.267. The van der Waals surface area contributed by atoms with Gasteiger partial charge < -0.3 is 10.1 Å². The Bertz CT molecular complexity index is 700. The van der Waals surface area contributed by atoms with Gasteiger partial charge in [-0.1, -0.05) is 0 Å². The van der Waals surface area contributed by atoms with Crippen molar-refractivity contribution in [3.63, 3.8) is 0 Å². The van der Waals surface area contributed by atoms with Gasteiger partial charge in [0.25, 0.3) is 5.91 Å². The van der Waals surface area contributed by atoms with E-state index in [9.17, 15) is 14.0 Å². The van der Waals surface area contributed by atoms with Crippen LogP contribution in [0.25, 0.3) is 0 Å². The first-order valence-corrected chi connectivity index (χ1v) is 7.55. The summed E-state index contributed by atoms with van der Waals surface area (Å²) in [6.07, 6.45) is 0. The number of aryl methyl sites for hydroxylation is 1. The summed E-state index contributed by atoms with van der Waals surface area (Å²) in [5, 5.41) is 4.86. The number of hydrogen-bond donors (Lipinski definition) is 1. The van der Waals surface area contributed by atoms with Crippen molar-refractivity contribution in [1.29, 1.82) is 0 Å². The van der Waals surface area contributed by atoms with Crippen molar-refractivity contribution >= 4 is 23.2 Å². The normalized spacial score (nSPS) is 10.3. The second kappa shape index (κ2) is 7.13. The van der Waals surface area contributed by atoms with E-state index < -0.39 is 5.97 Å². The van der Waals surface area contributed by atoms with Crippen molar-refractivity contribution < 1.29 is 18.7 Å². The summed E-state index contributed by atoms with van der Waals surface area (Å²) in [4.78, 5) is 27.6. The molecule has 2 rings (SSSR count). The fourth-order valence-corrected chi connectivity index (χ4v) is 2.44. The molecule has 7 heteroatoms. The first-order valence-electron chi connectivity index (χ1n) is 6.67. The molecular weight excluding hydrogens is 307 g/mol. The van der Waals surface area contributed by atoms with Crippen LogP contribution >= 0.6 is 11.3 Å². The van der Waals surface area contributed by atoms with Gasteiger partial charge in [0.2, 0.25) is 0 Å². The van der Waals surface area contributed by atoms with Gasteiger partial charge in [-0.3, -0.25) is 4.79 Å². The molecule has 5 nitrogen and oxygen atoms in total. The zero-order valence-corrected chi connectivity index (χ0v) is 13.0. The highest BCUT2D eigenvalue weighted by Gasteiger charge is 2.13. The molecule has 0 aliphatic heterocycles. The number of benzene rings is 1. The quantitative estimate of drug-likeness (QED) is 0.859. The summed E-state index contributed by atoms with van der Waals surface area (Å²) in [7, 11) is 0. The maximum absolute atomic E-state index is 13.2. The van der Waals surface area contributed by atoms with Gasteiger partial charge in [-0.05, 0) is 37.6 Å². The number of rotatable bonds is 5. The van der Waals surface area contributed by atoms with Crippen LogP contribution in [0.4, 0.5) is 4.39 Å². The molecule has 0 aliphatic rings. The van der Waals surface area contributed by atoms with Gasteiger partial charge in [0.05, 0.1) is 13.2 Å². The summed E-state index contributed by atoms with van der Waals surface area (Å²) < 4.78 is 18.0. The Balaban J connectivity index is 1.96. The van der Waals surface area contributed by atoms with Gasteiger partial charge in [0, 0.05) is 10.9 Å². The smallest absolute Gasteiger partial charge is 0.357 e. The number of esters is 1. The average molecular weight is 322 g/mol. The second-order valence-corrected chi connectivity index (χ2v) is 5.44. The highest BCUT2D eigenvalue weighted by Crippen LogP contribution is 2.12. The minimum Gasteiger partial charge on any atom is -0.461 e. The average Bonchev–Trinajstić information content (AvgIpc) is 2.97. The molecule has 1 heterocycles. The molecule has 1 amide bonds. The van der Waals surface area contributed by atoms with E-state index in [4.69, 9.17) is 4.74 Å². The molecule has 0 saturated carbocycles. The lowest BCUT2D eigenvalue weighted by Gasteiger charge is -2.04. The number of nitrogens with one attached hydrogen (secondary N) is 1. The van der Waals surface area contributed by atoms with E-state index >= 15 is 0 Å². The topological polar surface area (TPSA) is 68.3 Å². The molecule has 1 aromatic heterocycles. The zero-order chi connectivity index (χ0) is 16.1. The highest BCUT2D eigenvalue weighted by atomic mass is 32.1. The maximum Gasteiger partial charge on any atom is 0.357 e. The van der Waals surface area contributed by atoms with Gasteiger partial charge >= 0.3 is 5.97 Å². The molecule has 0 fully saturated rings. The Kier molecular flexibility index (Phi) is 5.21. The molecule has 0 bridgehead atoms. The van der Waals surface area contributed by atoms with Crippen LogP contribution in [-0.4, -0.2) is 23.5 Å². The molecule has 1 aromatic carbocycles. The third-order valence-electron chi connectivity index (χ3n) is 2.86. The molecule has 1 N–H and O–H groups in total. The summed E-state index contributed by atoms with van der Waals surface area (Å²) in [6.45, 7) is 3.79. The Morgan fingerprint density at radius 1 is 1.41 bits per heavy atom. The first kappa shape index (κ1) is 16.1. The van der Waals surface area contributed by atoms with Crippen LogP contribution in [0.2, 0.25) is 0 Å². The zero-order valence-electron chi connectivity index (χ0n) is 12.2. The van der Waals surface area contributed by atoms with Gasteiger partial charge in [0.15, 0.2) is 5.69 Å². The van der Waals surface area contributed by atoms with Crippen molar-refractivity contribution in [3.05, 3.63) is 51.2 Å². The minimum atomic E-state index is -0.481. The standard InChI is InChI=1S/C15H15FN2O3S/c1-3-21-15(20)12-8-22-13(18-12)7-17-14(19)10-4-5-11(16)9(2)6-10/h4-6,8H,3,7H2,1-2H3,(H,17,19). The Labute approximate surface area is 131 Å². The molecule has 0 spiro atoms. The van der Waals surface area contributed by atoms with Crippen molar-refractivity contribution in [2.45, 2.75) is 20.4 Å². The number of amides is 1. The molecule has 0 atom stereocenters. The van der Waals surface area contributed by atoms with Crippen LogP contribution in [-0.2, 0) is 11.3 Å². The molecule has 22 heavy (non-hydrogen) atoms. The van der Waals surface area contributed by atoms with Crippen LogP contribution in [0.5, 0.6) is 0 Å². The number of thiazole rings is 1. The molecule has 116 valence electrons. The fourth-order valence-electron chi connectivity index (χ4n) is 1.73. The summed E-state index contributed by atoms with van der Waals surface area (Å²) in [6, 6.07) is 4.16.